The molecule has 1 aliphatic rings. The van der Waals surface area contributed by atoms with Crippen LogP contribution in [-0.2, 0) is 42.2 Å². The maximum Gasteiger partial charge on any atom is 0.191 e. The number of ether oxygens (including phenoxy) is 2. The van der Waals surface area contributed by atoms with Crippen molar-refractivity contribution in [1.29, 1.82) is 0 Å². The van der Waals surface area contributed by atoms with Gasteiger partial charge >= 0.3 is 0 Å². The number of benzene rings is 1. The lowest BCUT2D eigenvalue weighted by Crippen LogP contribution is -2.46. The van der Waals surface area contributed by atoms with Crippen LogP contribution < -0.4 is 10.6 Å². The second-order valence-electron chi connectivity index (χ2n) is 6.77. The van der Waals surface area contributed by atoms with Crippen LogP contribution in [0.15, 0.2) is 29.3 Å². The Balaban J connectivity index is 1.55. The molecule has 1 aromatic carbocycles. The van der Waals surface area contributed by atoms with Crippen molar-refractivity contribution in [1.82, 2.24) is 25.4 Å². The summed E-state index contributed by atoms with van der Waals surface area (Å²) in [6, 6.07) is 8.57. The van der Waals surface area contributed by atoms with Crippen LogP contribution in [0, 0.1) is 0 Å². The summed E-state index contributed by atoms with van der Waals surface area (Å²) in [6.07, 6.45) is 1.88. The lowest BCUT2D eigenvalue weighted by molar-refractivity contribution is 0.133. The number of hydrogen-bond donors (Lipinski definition) is 2. The van der Waals surface area contributed by atoms with E-state index in [0.29, 0.717) is 26.4 Å². The number of nitrogens with one attached hydrogen (secondary N) is 2. The smallest absolute Gasteiger partial charge is 0.191 e. The van der Waals surface area contributed by atoms with Crippen LogP contribution in [0.2, 0.25) is 0 Å². The Morgan fingerprint density at radius 1 is 1.29 bits per heavy atom. The highest BCUT2D eigenvalue weighted by molar-refractivity contribution is 5.80. The first-order valence-corrected chi connectivity index (χ1v) is 9.76. The molecule has 8 heteroatoms. The number of nitrogens with zero attached hydrogens (tertiary/aromatic N) is 4. The first-order valence-electron chi connectivity index (χ1n) is 9.76. The van der Waals surface area contributed by atoms with Gasteiger partial charge in [0.25, 0.3) is 0 Å². The zero-order chi connectivity index (χ0) is 19.8. The van der Waals surface area contributed by atoms with Gasteiger partial charge in [0.2, 0.25) is 0 Å². The predicted molar refractivity (Wildman–Crippen MR) is 108 cm³/mol. The van der Waals surface area contributed by atoms with Crippen molar-refractivity contribution in [3.8, 4) is 0 Å². The Bertz CT molecular complexity index is 789. The molecule has 8 nitrogen and oxygen atoms in total. The van der Waals surface area contributed by atoms with E-state index in [9.17, 15) is 0 Å². The van der Waals surface area contributed by atoms with Crippen molar-refractivity contribution < 1.29 is 9.47 Å². The second kappa shape index (κ2) is 10.2. The third-order valence-electron chi connectivity index (χ3n) is 4.77. The SMILES string of the molecule is CCOCc1ccccc1CNC(=NC)NC1CCc2nc(COC)nn2C1. The van der Waals surface area contributed by atoms with E-state index >= 15 is 0 Å². The topological polar surface area (TPSA) is 85.6 Å². The first kappa shape index (κ1) is 20.3. The average Bonchev–Trinajstić information content (AvgIpc) is 3.12. The highest BCUT2D eigenvalue weighted by Gasteiger charge is 2.22. The van der Waals surface area contributed by atoms with E-state index in [2.05, 4.69) is 37.8 Å². The van der Waals surface area contributed by atoms with Gasteiger partial charge in [0, 0.05) is 39.8 Å². The van der Waals surface area contributed by atoms with Gasteiger partial charge in [-0.2, -0.15) is 5.10 Å². The highest BCUT2D eigenvalue weighted by Crippen LogP contribution is 2.14. The summed E-state index contributed by atoms with van der Waals surface area (Å²) in [7, 11) is 3.45. The van der Waals surface area contributed by atoms with Gasteiger partial charge in [0.05, 0.1) is 13.2 Å². The van der Waals surface area contributed by atoms with E-state index in [4.69, 9.17) is 9.47 Å². The largest absolute Gasteiger partial charge is 0.377 e. The van der Waals surface area contributed by atoms with E-state index in [1.54, 1.807) is 14.2 Å². The quantitative estimate of drug-likeness (QED) is 0.530. The summed E-state index contributed by atoms with van der Waals surface area (Å²) in [5.41, 5.74) is 2.41. The number of aliphatic imine (C=N–C) groups is 1. The van der Waals surface area contributed by atoms with Gasteiger partial charge in [-0.1, -0.05) is 24.3 Å². The van der Waals surface area contributed by atoms with Gasteiger partial charge in [0.1, 0.15) is 12.4 Å². The van der Waals surface area contributed by atoms with Crippen LogP contribution in [0.3, 0.4) is 0 Å². The molecule has 152 valence electrons. The third kappa shape index (κ3) is 5.30. The molecule has 28 heavy (non-hydrogen) atoms. The molecule has 0 fully saturated rings. The summed E-state index contributed by atoms with van der Waals surface area (Å²) >= 11 is 0. The fourth-order valence-electron chi connectivity index (χ4n) is 3.32. The molecule has 0 spiro atoms. The molecule has 2 N–H and O–H groups in total. The number of guanidine groups is 1. The van der Waals surface area contributed by atoms with Gasteiger partial charge in [-0.15, -0.1) is 0 Å². The lowest BCUT2D eigenvalue weighted by atomic mass is 10.1. The standard InChI is InChI=1S/C20H30N6O2/c1-4-28-13-16-8-6-5-7-15(16)11-22-20(21-2)23-17-9-10-19-24-18(14-27-3)25-26(19)12-17/h5-8,17H,4,9-14H2,1-3H3,(H2,21,22,23). The number of methoxy groups -OCH3 is 1. The zero-order valence-electron chi connectivity index (χ0n) is 16.9. The Kier molecular flexibility index (Phi) is 7.39. The molecule has 2 aromatic rings. The molecule has 0 saturated carbocycles. The third-order valence-corrected chi connectivity index (χ3v) is 4.77. The minimum Gasteiger partial charge on any atom is -0.377 e. The molecular formula is C20H30N6O2. The molecule has 1 unspecified atom stereocenters. The van der Waals surface area contributed by atoms with Gasteiger partial charge in [-0.3, -0.25) is 4.99 Å². The second-order valence-corrected chi connectivity index (χ2v) is 6.77. The maximum atomic E-state index is 5.57. The molecule has 1 aliphatic heterocycles. The Morgan fingerprint density at radius 2 is 2.11 bits per heavy atom. The lowest BCUT2D eigenvalue weighted by Gasteiger charge is -2.25. The van der Waals surface area contributed by atoms with Gasteiger partial charge in [-0.05, 0) is 24.5 Å². The molecule has 0 radical (unpaired) electrons. The number of aromatic nitrogens is 3. The van der Waals surface area contributed by atoms with Crippen LogP contribution in [0.25, 0.3) is 0 Å². The van der Waals surface area contributed by atoms with E-state index in [0.717, 1.165) is 37.0 Å². The minimum atomic E-state index is 0.259. The number of hydrogen-bond acceptors (Lipinski definition) is 5. The van der Waals surface area contributed by atoms with Crippen molar-refractivity contribution in [3.63, 3.8) is 0 Å². The van der Waals surface area contributed by atoms with Crippen molar-refractivity contribution in [2.24, 2.45) is 4.99 Å². The first-order chi connectivity index (χ1) is 13.7. The van der Waals surface area contributed by atoms with Gasteiger partial charge < -0.3 is 20.1 Å². The zero-order valence-corrected chi connectivity index (χ0v) is 16.9. The molecule has 0 bridgehead atoms. The summed E-state index contributed by atoms with van der Waals surface area (Å²) in [4.78, 5) is 8.90. The number of aryl methyl sites for hydroxylation is 1. The molecular weight excluding hydrogens is 356 g/mol. The average molecular weight is 387 g/mol. The minimum absolute atomic E-state index is 0.259. The van der Waals surface area contributed by atoms with Crippen molar-refractivity contribution in [2.75, 3.05) is 20.8 Å². The predicted octanol–water partition coefficient (Wildman–Crippen LogP) is 1.64. The fourth-order valence-corrected chi connectivity index (χ4v) is 3.32. The van der Waals surface area contributed by atoms with E-state index < -0.39 is 0 Å². The van der Waals surface area contributed by atoms with Crippen LogP contribution in [0.4, 0.5) is 0 Å². The summed E-state index contributed by atoms with van der Waals surface area (Å²) in [5, 5.41) is 11.4. The van der Waals surface area contributed by atoms with E-state index in [-0.39, 0.29) is 6.04 Å². The fraction of sp³-hybridized carbons (Fsp3) is 0.550. The molecule has 0 aliphatic carbocycles. The number of rotatable bonds is 8. The summed E-state index contributed by atoms with van der Waals surface area (Å²) in [5.74, 6) is 2.56. The number of fused-ring (bicyclic) bond motifs is 1. The van der Waals surface area contributed by atoms with Gasteiger partial charge in [0.15, 0.2) is 11.8 Å². The Hall–Kier alpha value is -2.45. The van der Waals surface area contributed by atoms with Crippen molar-refractivity contribution in [2.45, 2.75) is 52.1 Å². The Labute approximate surface area is 166 Å². The molecule has 2 heterocycles. The van der Waals surface area contributed by atoms with E-state index in [1.165, 1.54) is 11.1 Å². The molecule has 0 saturated heterocycles. The molecule has 3 rings (SSSR count). The summed E-state index contributed by atoms with van der Waals surface area (Å²) < 4.78 is 12.7. The van der Waals surface area contributed by atoms with Gasteiger partial charge in [-0.25, -0.2) is 9.67 Å². The van der Waals surface area contributed by atoms with Crippen molar-refractivity contribution >= 4 is 5.96 Å². The normalized spacial score (nSPS) is 16.7. The van der Waals surface area contributed by atoms with Crippen LogP contribution in [0.1, 0.15) is 36.1 Å². The van der Waals surface area contributed by atoms with Crippen LogP contribution in [-0.4, -0.2) is 47.5 Å². The maximum absolute atomic E-state index is 5.57. The summed E-state index contributed by atoms with van der Waals surface area (Å²) in [6.45, 7) is 5.26. The van der Waals surface area contributed by atoms with Crippen LogP contribution >= 0.6 is 0 Å². The van der Waals surface area contributed by atoms with Crippen LogP contribution in [0.5, 0.6) is 0 Å². The monoisotopic (exact) mass is 386 g/mol. The highest BCUT2D eigenvalue weighted by atomic mass is 16.5. The van der Waals surface area contributed by atoms with E-state index in [1.807, 2.05) is 23.7 Å². The molecule has 0 amide bonds. The molecule has 1 aromatic heterocycles. The van der Waals surface area contributed by atoms with Crippen molar-refractivity contribution in [3.05, 3.63) is 47.0 Å². The molecule has 1 atom stereocenters. The Morgan fingerprint density at radius 3 is 2.86 bits per heavy atom.